The van der Waals surface area contributed by atoms with Gasteiger partial charge >= 0.3 is 12.3 Å². The van der Waals surface area contributed by atoms with Crippen LogP contribution in [0.2, 0.25) is 5.02 Å². The molecule has 16 heteroatoms. The predicted molar refractivity (Wildman–Crippen MR) is 132 cm³/mol. The van der Waals surface area contributed by atoms with Gasteiger partial charge in [-0.1, -0.05) is 11.6 Å². The number of aromatic hydroxyl groups is 1. The van der Waals surface area contributed by atoms with Crippen LogP contribution in [0.3, 0.4) is 0 Å². The third-order valence-corrected chi connectivity index (χ3v) is 5.28. The molecule has 7 N–H and O–H groups in total. The Morgan fingerprint density at radius 3 is 2.56 bits per heavy atom. The van der Waals surface area contributed by atoms with E-state index in [4.69, 9.17) is 11.6 Å². The molecule has 1 aliphatic rings. The van der Waals surface area contributed by atoms with E-state index in [-0.39, 0.29) is 40.7 Å². The average molecular weight is 574 g/mol. The highest BCUT2D eigenvalue weighted by Crippen LogP contribution is 2.30. The number of phenolic OH excluding ortho intramolecular Hbond substituents is 1. The van der Waals surface area contributed by atoms with Crippen molar-refractivity contribution in [2.75, 3.05) is 25.0 Å². The zero-order valence-electron chi connectivity index (χ0n) is 19.9. The molecule has 0 spiro atoms. The van der Waals surface area contributed by atoms with E-state index in [2.05, 4.69) is 31.0 Å². The van der Waals surface area contributed by atoms with Gasteiger partial charge in [-0.25, -0.2) is 0 Å². The molecule has 0 fully saturated rings. The number of halogens is 4. The number of carbonyl (C=O) groups is 3. The van der Waals surface area contributed by atoms with E-state index in [0.29, 0.717) is 5.96 Å². The maximum atomic E-state index is 12.6. The zero-order chi connectivity index (χ0) is 28.7. The Morgan fingerprint density at radius 2 is 1.92 bits per heavy atom. The zero-order valence-corrected chi connectivity index (χ0v) is 20.6. The van der Waals surface area contributed by atoms with Gasteiger partial charge in [-0.15, -0.1) is 13.2 Å². The molecule has 2 atom stereocenters. The van der Waals surface area contributed by atoms with Crippen molar-refractivity contribution in [2.24, 2.45) is 4.99 Å². The van der Waals surface area contributed by atoms with E-state index in [1.807, 2.05) is 0 Å². The van der Waals surface area contributed by atoms with Gasteiger partial charge in [0.05, 0.1) is 31.7 Å². The molecule has 0 radical (unpaired) electrons. The lowest BCUT2D eigenvalue weighted by molar-refractivity contribution is -0.274. The maximum absolute atomic E-state index is 12.6. The van der Waals surface area contributed by atoms with Crippen molar-refractivity contribution >= 4 is 41.0 Å². The summed E-state index contributed by atoms with van der Waals surface area (Å²) in [5, 5.41) is 38.8. The van der Waals surface area contributed by atoms with Crippen molar-refractivity contribution in [3.63, 3.8) is 0 Å². The van der Waals surface area contributed by atoms with E-state index < -0.39 is 55.0 Å². The molecule has 0 aliphatic carbocycles. The number of aliphatic imine (C=N–C) groups is 1. The van der Waals surface area contributed by atoms with Crippen LogP contribution in [-0.4, -0.2) is 71.2 Å². The van der Waals surface area contributed by atoms with Crippen molar-refractivity contribution in [1.82, 2.24) is 16.0 Å². The van der Waals surface area contributed by atoms with Gasteiger partial charge in [0.1, 0.15) is 11.5 Å². The number of carboxylic acids is 1. The third kappa shape index (κ3) is 9.54. The van der Waals surface area contributed by atoms with Gasteiger partial charge in [0.25, 0.3) is 5.91 Å². The number of rotatable bonds is 9. The second-order valence-corrected chi connectivity index (χ2v) is 8.72. The standard InChI is InChI=1S/C23H23ClF3N5O7/c24-13-1-11(4-17(5-13)39-23(25,26)27)18(7-20(36)37)32-19(35)10-28-21(38)12-2-14(6-15(33)3-12)31-22-29-8-16(34)9-30-22/h1-6,16,18,33-34H,7-10H2,(H,28,38)(H,32,35)(H,36,37)(H2,29,30,31). The largest absolute Gasteiger partial charge is 0.573 e. The quantitative estimate of drug-likeness (QED) is 0.235. The van der Waals surface area contributed by atoms with Gasteiger partial charge in [0.2, 0.25) is 5.91 Å². The molecule has 2 aromatic carbocycles. The summed E-state index contributed by atoms with van der Waals surface area (Å²) in [5.41, 5.74) is 0.179. The Morgan fingerprint density at radius 1 is 1.18 bits per heavy atom. The topological polar surface area (TPSA) is 182 Å². The van der Waals surface area contributed by atoms with Gasteiger partial charge in [-0.3, -0.25) is 19.4 Å². The number of aliphatic carboxylic acids is 1. The minimum absolute atomic E-state index is 0.0346. The molecule has 0 bridgehead atoms. The molecule has 39 heavy (non-hydrogen) atoms. The minimum atomic E-state index is -5.03. The second kappa shape index (κ2) is 12.5. The Hall–Kier alpha value is -4.24. The first-order valence-electron chi connectivity index (χ1n) is 11.2. The summed E-state index contributed by atoms with van der Waals surface area (Å²) in [5.74, 6) is -3.66. The van der Waals surface area contributed by atoms with Crippen molar-refractivity contribution in [3.05, 3.63) is 52.5 Å². The maximum Gasteiger partial charge on any atom is 0.573 e. The highest BCUT2D eigenvalue weighted by atomic mass is 35.5. The highest BCUT2D eigenvalue weighted by molar-refractivity contribution is 6.30. The normalized spacial score (nSPS) is 15.8. The fourth-order valence-electron chi connectivity index (χ4n) is 3.48. The number of aliphatic hydroxyl groups is 1. The third-order valence-electron chi connectivity index (χ3n) is 5.06. The van der Waals surface area contributed by atoms with Gasteiger partial charge in [-0.2, -0.15) is 0 Å². The van der Waals surface area contributed by atoms with Crippen LogP contribution in [-0.2, 0) is 9.59 Å². The lowest BCUT2D eigenvalue weighted by atomic mass is 10.0. The number of aliphatic hydroxyl groups excluding tert-OH is 1. The van der Waals surface area contributed by atoms with Crippen LogP contribution in [0.5, 0.6) is 11.5 Å². The summed E-state index contributed by atoms with van der Waals surface area (Å²) >= 11 is 5.85. The Kier molecular flexibility index (Phi) is 9.42. The summed E-state index contributed by atoms with van der Waals surface area (Å²) < 4.78 is 41.7. The van der Waals surface area contributed by atoms with E-state index in [0.717, 1.165) is 18.2 Å². The molecule has 210 valence electrons. The summed E-state index contributed by atoms with van der Waals surface area (Å²) in [7, 11) is 0. The molecule has 1 aliphatic heterocycles. The molecule has 2 aromatic rings. The number of guanidine groups is 1. The van der Waals surface area contributed by atoms with Gasteiger partial charge in [-0.05, 0) is 35.9 Å². The summed E-state index contributed by atoms with van der Waals surface area (Å²) in [6.07, 6.45) is -6.37. The molecule has 0 saturated carbocycles. The van der Waals surface area contributed by atoms with Crippen molar-refractivity contribution in [1.29, 1.82) is 0 Å². The van der Waals surface area contributed by atoms with Crippen LogP contribution < -0.4 is 26.0 Å². The minimum Gasteiger partial charge on any atom is -0.508 e. The molecule has 0 saturated heterocycles. The van der Waals surface area contributed by atoms with E-state index in [9.17, 15) is 42.9 Å². The van der Waals surface area contributed by atoms with E-state index in [1.165, 1.54) is 18.2 Å². The highest BCUT2D eigenvalue weighted by Gasteiger charge is 2.32. The van der Waals surface area contributed by atoms with Crippen LogP contribution in [0, 0.1) is 0 Å². The first kappa shape index (κ1) is 29.3. The van der Waals surface area contributed by atoms with Crippen LogP contribution in [0.25, 0.3) is 0 Å². The first-order valence-corrected chi connectivity index (χ1v) is 11.6. The summed E-state index contributed by atoms with van der Waals surface area (Å²) in [6.45, 7) is -0.223. The lowest BCUT2D eigenvalue weighted by Gasteiger charge is -2.20. The number of phenols is 1. The Labute approximate surface area is 223 Å². The molecule has 3 rings (SSSR count). The van der Waals surface area contributed by atoms with Crippen LogP contribution in [0.4, 0.5) is 18.9 Å². The Balaban J connectivity index is 1.66. The number of nitrogens with one attached hydrogen (secondary N) is 4. The van der Waals surface area contributed by atoms with Gasteiger partial charge in [0, 0.05) is 28.9 Å². The van der Waals surface area contributed by atoms with Crippen LogP contribution in [0.1, 0.15) is 28.4 Å². The van der Waals surface area contributed by atoms with Gasteiger partial charge in [0.15, 0.2) is 5.96 Å². The number of anilines is 1. The van der Waals surface area contributed by atoms with Crippen LogP contribution in [0.15, 0.2) is 41.4 Å². The summed E-state index contributed by atoms with van der Waals surface area (Å²) in [4.78, 5) is 40.5. The van der Waals surface area contributed by atoms with Crippen molar-refractivity contribution in [3.8, 4) is 11.5 Å². The van der Waals surface area contributed by atoms with Crippen LogP contribution >= 0.6 is 11.6 Å². The average Bonchev–Trinajstić information content (AvgIpc) is 2.81. The fraction of sp³-hybridized carbons (Fsp3) is 0.304. The fourth-order valence-corrected chi connectivity index (χ4v) is 3.71. The molecule has 12 nitrogen and oxygen atoms in total. The Bertz CT molecular complexity index is 1280. The molecule has 0 aromatic heterocycles. The molecule has 2 unspecified atom stereocenters. The molecule has 1 heterocycles. The SMILES string of the molecule is O=C(O)CC(NC(=O)CNC(=O)c1cc(O)cc(NC2=NCC(O)CN2)c1)c1cc(Cl)cc(OC(F)(F)F)c1. The number of alkyl halides is 3. The smallest absolute Gasteiger partial charge is 0.508 e. The van der Waals surface area contributed by atoms with E-state index >= 15 is 0 Å². The second-order valence-electron chi connectivity index (χ2n) is 8.29. The number of nitrogens with zero attached hydrogens (tertiary/aromatic N) is 1. The number of benzene rings is 2. The van der Waals surface area contributed by atoms with Crippen molar-refractivity contribution < 1.29 is 47.6 Å². The summed E-state index contributed by atoms with van der Waals surface area (Å²) in [6, 6.07) is 5.45. The molecular weight excluding hydrogens is 551 g/mol. The molecule has 2 amide bonds. The molecular formula is C23H23ClF3N5O7. The number of hydrogen-bond donors (Lipinski definition) is 7. The first-order chi connectivity index (χ1) is 18.3. The van der Waals surface area contributed by atoms with Crippen molar-refractivity contribution in [2.45, 2.75) is 24.9 Å². The predicted octanol–water partition coefficient (Wildman–Crippen LogP) is 1.74. The monoisotopic (exact) mass is 573 g/mol. The number of carbonyl (C=O) groups excluding carboxylic acids is 2. The number of carboxylic acid groups (broad SMARTS) is 1. The van der Waals surface area contributed by atoms with Gasteiger partial charge < -0.3 is 41.3 Å². The lowest BCUT2D eigenvalue weighted by Crippen LogP contribution is -2.42. The van der Waals surface area contributed by atoms with E-state index in [1.54, 1.807) is 0 Å². The number of ether oxygens (including phenoxy) is 1. The number of β-amino-alcohol motifs (C(OH)–C–C–N with tert-alkyl or cyclic N) is 1. The number of amides is 2. The number of hydrogen-bond acceptors (Lipinski definition) is 9.